The molecule has 3 aliphatic rings. The highest BCUT2D eigenvalue weighted by molar-refractivity contribution is 5.31. The van der Waals surface area contributed by atoms with E-state index in [1.165, 1.54) is 25.3 Å². The van der Waals surface area contributed by atoms with Crippen molar-refractivity contribution in [2.24, 2.45) is 0 Å². The van der Waals surface area contributed by atoms with Crippen molar-refractivity contribution >= 4 is 0 Å². The summed E-state index contributed by atoms with van der Waals surface area (Å²) in [5.41, 5.74) is 1.26. The first kappa shape index (κ1) is 7.51. The molecule has 2 atom stereocenters. The Labute approximate surface area is 77.0 Å². The first-order valence-electron chi connectivity index (χ1n) is 4.82. The van der Waals surface area contributed by atoms with Gasteiger partial charge in [-0.1, -0.05) is 12.1 Å². The maximum atomic E-state index is 13.0. The van der Waals surface area contributed by atoms with E-state index in [9.17, 15) is 4.39 Å². The first-order chi connectivity index (χ1) is 6.28. The van der Waals surface area contributed by atoms with E-state index >= 15 is 0 Å². The summed E-state index contributed by atoms with van der Waals surface area (Å²) in [7, 11) is 0. The summed E-state index contributed by atoms with van der Waals surface area (Å²) in [6, 6.07) is 7.69. The molecule has 2 aliphatic heterocycles. The third-order valence-electron chi connectivity index (χ3n) is 3.37. The number of benzene rings is 1. The van der Waals surface area contributed by atoms with E-state index in [0.717, 1.165) is 5.56 Å². The molecule has 1 saturated carbocycles. The second-order valence-electron chi connectivity index (χ2n) is 4.18. The number of rotatable bonds is 1. The fraction of sp³-hybridized carbons (Fsp3) is 0.455. The zero-order valence-electron chi connectivity index (χ0n) is 7.39. The Bertz CT molecular complexity index is 336. The highest BCUT2D eigenvalue weighted by Gasteiger charge is 2.50. The molecule has 68 valence electrons. The molecule has 1 N–H and O–H groups in total. The number of hydrogen-bond acceptors (Lipinski definition) is 1. The minimum absolute atomic E-state index is 0.121. The number of fused-ring (bicyclic) bond motifs is 1. The van der Waals surface area contributed by atoms with Gasteiger partial charge in [-0.25, -0.2) is 4.39 Å². The van der Waals surface area contributed by atoms with E-state index in [-0.39, 0.29) is 11.4 Å². The van der Waals surface area contributed by atoms with Gasteiger partial charge in [0.1, 0.15) is 5.82 Å². The average molecular weight is 177 g/mol. The zero-order valence-corrected chi connectivity index (χ0v) is 7.39. The van der Waals surface area contributed by atoms with Crippen LogP contribution in [-0.2, 0) is 5.54 Å². The quantitative estimate of drug-likeness (QED) is 0.693. The van der Waals surface area contributed by atoms with Gasteiger partial charge in [0, 0.05) is 11.6 Å². The Morgan fingerprint density at radius 2 is 2.31 bits per heavy atom. The molecule has 1 aromatic rings. The topological polar surface area (TPSA) is 12.0 Å². The molecule has 1 nitrogen and oxygen atoms in total. The van der Waals surface area contributed by atoms with E-state index in [2.05, 4.69) is 5.32 Å². The molecular weight excluding hydrogens is 165 g/mol. The fourth-order valence-electron chi connectivity index (χ4n) is 2.69. The van der Waals surface area contributed by atoms with Gasteiger partial charge in [-0.3, -0.25) is 0 Å². The van der Waals surface area contributed by atoms with Crippen molar-refractivity contribution in [3.8, 4) is 0 Å². The molecule has 4 rings (SSSR count). The summed E-state index contributed by atoms with van der Waals surface area (Å²) >= 11 is 0. The summed E-state index contributed by atoms with van der Waals surface area (Å²) in [5.74, 6) is -0.121. The van der Waals surface area contributed by atoms with E-state index in [1.807, 2.05) is 6.07 Å². The smallest absolute Gasteiger partial charge is 0.123 e. The summed E-state index contributed by atoms with van der Waals surface area (Å²) in [5, 5.41) is 3.51. The van der Waals surface area contributed by atoms with Crippen molar-refractivity contribution in [1.82, 2.24) is 5.32 Å². The summed E-state index contributed by atoms with van der Waals surface area (Å²) in [4.78, 5) is 0. The molecule has 2 unspecified atom stereocenters. The van der Waals surface area contributed by atoms with Gasteiger partial charge in [0.25, 0.3) is 0 Å². The summed E-state index contributed by atoms with van der Waals surface area (Å²) in [6.07, 6.45) is 3.61. The molecule has 0 spiro atoms. The Morgan fingerprint density at radius 3 is 2.92 bits per heavy atom. The van der Waals surface area contributed by atoms with Gasteiger partial charge in [-0.05, 0) is 37.0 Å². The van der Waals surface area contributed by atoms with Crippen LogP contribution >= 0.6 is 0 Å². The zero-order chi connectivity index (χ0) is 8.89. The van der Waals surface area contributed by atoms with E-state index in [0.29, 0.717) is 6.04 Å². The molecule has 1 aromatic carbocycles. The van der Waals surface area contributed by atoms with Crippen molar-refractivity contribution < 1.29 is 4.39 Å². The average Bonchev–Trinajstić information content (AvgIpc) is 2.61. The number of halogens is 1. The van der Waals surface area contributed by atoms with Crippen LogP contribution in [0.15, 0.2) is 24.3 Å². The molecule has 2 saturated heterocycles. The molecule has 2 heteroatoms. The van der Waals surface area contributed by atoms with Gasteiger partial charge in [0.15, 0.2) is 0 Å². The third kappa shape index (κ3) is 0.953. The Balaban J connectivity index is 2.00. The Morgan fingerprint density at radius 1 is 1.46 bits per heavy atom. The second-order valence-corrected chi connectivity index (χ2v) is 4.18. The van der Waals surface area contributed by atoms with Crippen LogP contribution in [0.2, 0.25) is 0 Å². The molecule has 2 bridgehead atoms. The summed E-state index contributed by atoms with van der Waals surface area (Å²) < 4.78 is 13.0. The van der Waals surface area contributed by atoms with Crippen LogP contribution in [0.1, 0.15) is 24.8 Å². The molecule has 3 fully saturated rings. The third-order valence-corrected chi connectivity index (χ3v) is 3.37. The van der Waals surface area contributed by atoms with Crippen LogP contribution in [0.3, 0.4) is 0 Å². The molecule has 0 amide bonds. The van der Waals surface area contributed by atoms with Crippen molar-refractivity contribution in [2.75, 3.05) is 0 Å². The van der Waals surface area contributed by atoms with E-state index in [4.69, 9.17) is 0 Å². The highest BCUT2D eigenvalue weighted by Crippen LogP contribution is 2.47. The SMILES string of the molecule is Fc1cccc(C23CCC(C2)N3)c1. The predicted octanol–water partition coefficient (Wildman–Crippen LogP) is 2.18. The fourth-order valence-corrected chi connectivity index (χ4v) is 2.69. The Hall–Kier alpha value is -0.890. The van der Waals surface area contributed by atoms with Crippen LogP contribution < -0.4 is 5.32 Å². The van der Waals surface area contributed by atoms with Crippen molar-refractivity contribution in [3.05, 3.63) is 35.6 Å². The standard InChI is InChI=1S/C11H12FN/c12-9-3-1-2-8(6-9)11-5-4-10(7-11)13-11/h1-3,6,10,13H,4-5,7H2. The van der Waals surface area contributed by atoms with Gasteiger partial charge in [0.05, 0.1) is 0 Å². The first-order valence-corrected chi connectivity index (χ1v) is 4.82. The van der Waals surface area contributed by atoms with Crippen molar-refractivity contribution in [3.63, 3.8) is 0 Å². The van der Waals surface area contributed by atoms with Gasteiger partial charge in [0.2, 0.25) is 0 Å². The molecule has 1 aliphatic carbocycles. The summed E-state index contributed by atoms with van der Waals surface area (Å²) in [6.45, 7) is 0. The molecule has 0 radical (unpaired) electrons. The van der Waals surface area contributed by atoms with Crippen LogP contribution in [0.25, 0.3) is 0 Å². The maximum absolute atomic E-state index is 13.0. The van der Waals surface area contributed by atoms with Crippen LogP contribution in [0.4, 0.5) is 4.39 Å². The normalized spacial score (nSPS) is 35.9. The van der Waals surface area contributed by atoms with Crippen LogP contribution in [-0.4, -0.2) is 6.04 Å². The lowest BCUT2D eigenvalue weighted by Gasteiger charge is -2.40. The molecular formula is C11H12FN. The van der Waals surface area contributed by atoms with E-state index < -0.39 is 0 Å². The van der Waals surface area contributed by atoms with Crippen molar-refractivity contribution in [2.45, 2.75) is 30.8 Å². The van der Waals surface area contributed by atoms with Crippen molar-refractivity contribution in [1.29, 1.82) is 0 Å². The minimum atomic E-state index is -0.121. The minimum Gasteiger partial charge on any atom is -0.304 e. The Kier molecular flexibility index (Phi) is 1.34. The largest absolute Gasteiger partial charge is 0.304 e. The predicted molar refractivity (Wildman–Crippen MR) is 48.9 cm³/mol. The lowest BCUT2D eigenvalue weighted by molar-refractivity contribution is 0.225. The lowest BCUT2D eigenvalue weighted by atomic mass is 9.83. The molecule has 13 heavy (non-hydrogen) atoms. The van der Waals surface area contributed by atoms with Gasteiger partial charge >= 0.3 is 0 Å². The molecule has 2 heterocycles. The number of hydrogen-bond donors (Lipinski definition) is 1. The van der Waals surface area contributed by atoms with Gasteiger partial charge < -0.3 is 5.32 Å². The highest BCUT2D eigenvalue weighted by atomic mass is 19.1. The van der Waals surface area contributed by atoms with E-state index in [1.54, 1.807) is 12.1 Å². The number of nitrogens with one attached hydrogen (secondary N) is 1. The van der Waals surface area contributed by atoms with Crippen LogP contribution in [0, 0.1) is 5.82 Å². The monoisotopic (exact) mass is 177 g/mol. The molecule has 0 aromatic heterocycles. The van der Waals surface area contributed by atoms with Crippen LogP contribution in [0.5, 0.6) is 0 Å². The maximum Gasteiger partial charge on any atom is 0.123 e. The van der Waals surface area contributed by atoms with Gasteiger partial charge in [-0.2, -0.15) is 0 Å². The second kappa shape index (κ2) is 2.32. The lowest BCUT2D eigenvalue weighted by Crippen LogP contribution is -2.53. The van der Waals surface area contributed by atoms with Gasteiger partial charge in [-0.15, -0.1) is 0 Å².